The number of benzene rings is 2. The molecule has 2 aromatic carbocycles. The maximum atomic E-state index is 12.6. The van der Waals surface area contributed by atoms with Crippen molar-refractivity contribution in [2.24, 2.45) is 0 Å². The summed E-state index contributed by atoms with van der Waals surface area (Å²) < 4.78 is 0. The number of rotatable bonds is 7. The number of aryl methyl sites for hydroxylation is 1. The summed E-state index contributed by atoms with van der Waals surface area (Å²) >= 11 is 5.89. The van der Waals surface area contributed by atoms with Crippen LogP contribution in [0, 0.1) is 0 Å². The van der Waals surface area contributed by atoms with Crippen LogP contribution in [-0.2, 0) is 16.0 Å². The van der Waals surface area contributed by atoms with Gasteiger partial charge < -0.3 is 20.4 Å². The summed E-state index contributed by atoms with van der Waals surface area (Å²) in [6.45, 7) is 7.97. The second-order valence-electron chi connectivity index (χ2n) is 7.86. The van der Waals surface area contributed by atoms with Gasteiger partial charge in [-0.15, -0.1) is 0 Å². The minimum absolute atomic E-state index is 0.00434. The molecule has 0 spiro atoms. The zero-order valence-electron chi connectivity index (χ0n) is 17.6. The summed E-state index contributed by atoms with van der Waals surface area (Å²) in [5.41, 5.74) is 2.81. The molecule has 1 aliphatic heterocycles. The van der Waals surface area contributed by atoms with E-state index in [2.05, 4.69) is 17.6 Å². The molecule has 0 aromatic heterocycles. The van der Waals surface area contributed by atoms with Gasteiger partial charge in [-0.25, -0.2) is 0 Å². The van der Waals surface area contributed by atoms with Crippen LogP contribution in [0.5, 0.6) is 0 Å². The molecule has 160 valence electrons. The van der Waals surface area contributed by atoms with Crippen LogP contribution in [0.3, 0.4) is 0 Å². The van der Waals surface area contributed by atoms with Crippen LogP contribution in [-0.4, -0.2) is 50.6 Å². The average Bonchev–Trinajstić information content (AvgIpc) is 2.75. The highest BCUT2D eigenvalue weighted by atomic mass is 35.5. The molecule has 1 aliphatic rings. The molecule has 0 aliphatic carbocycles. The number of hydrogen-bond acceptors (Lipinski definition) is 2. The van der Waals surface area contributed by atoms with Gasteiger partial charge in [0.15, 0.2) is 12.6 Å². The molecular weight excluding hydrogens is 400 g/mol. The maximum Gasteiger partial charge on any atom is 0.282 e. The third kappa shape index (κ3) is 6.05. The Morgan fingerprint density at radius 2 is 1.67 bits per heavy atom. The lowest BCUT2D eigenvalue weighted by molar-refractivity contribution is -1.01. The number of quaternary nitrogens is 2. The van der Waals surface area contributed by atoms with E-state index in [0.717, 1.165) is 49.5 Å². The summed E-state index contributed by atoms with van der Waals surface area (Å²) in [5.74, 6) is 0.0487. The van der Waals surface area contributed by atoms with Crippen LogP contribution in [0.4, 0.5) is 11.4 Å². The van der Waals surface area contributed by atoms with Crippen LogP contribution in [0.25, 0.3) is 0 Å². The smallest absolute Gasteiger partial charge is 0.282 e. The third-order valence-electron chi connectivity index (χ3n) is 5.80. The standard InChI is InChI=1S/C23H29ClN4O2/c1-3-18-6-4-5-7-21(18)26-22(29)16-27-12-14-28(15-13-27)17(2)23(30)25-20-10-8-19(24)9-11-20/h4-11,17H,3,12-16H2,1-2H3,(H,25,30)(H,26,29)/p+2/t17-/m0/s1. The molecule has 1 heterocycles. The van der Waals surface area contributed by atoms with E-state index in [1.165, 1.54) is 9.80 Å². The van der Waals surface area contributed by atoms with Gasteiger partial charge in [-0.3, -0.25) is 9.59 Å². The highest BCUT2D eigenvalue weighted by Crippen LogP contribution is 2.15. The lowest BCUT2D eigenvalue weighted by Crippen LogP contribution is -3.30. The molecule has 30 heavy (non-hydrogen) atoms. The van der Waals surface area contributed by atoms with Gasteiger partial charge in [0.05, 0.1) is 0 Å². The fourth-order valence-corrected chi connectivity index (χ4v) is 4.00. The molecule has 0 bridgehead atoms. The SMILES string of the molecule is CCc1ccccc1NC(=O)C[NH+]1CC[NH+]([C@@H](C)C(=O)Nc2ccc(Cl)cc2)CC1. The fourth-order valence-electron chi connectivity index (χ4n) is 3.88. The normalized spacial score (nSPS) is 19.7. The predicted octanol–water partition coefficient (Wildman–Crippen LogP) is 0.652. The number of halogens is 1. The van der Waals surface area contributed by atoms with Gasteiger partial charge in [0.25, 0.3) is 11.8 Å². The van der Waals surface area contributed by atoms with Gasteiger partial charge in [-0.05, 0) is 49.2 Å². The van der Waals surface area contributed by atoms with Crippen molar-refractivity contribution in [1.82, 2.24) is 0 Å². The van der Waals surface area contributed by atoms with Gasteiger partial charge in [0.2, 0.25) is 0 Å². The van der Waals surface area contributed by atoms with Gasteiger partial charge in [0, 0.05) is 16.4 Å². The number of nitrogens with one attached hydrogen (secondary N) is 4. The molecule has 0 radical (unpaired) electrons. The van der Waals surface area contributed by atoms with Crippen molar-refractivity contribution in [1.29, 1.82) is 0 Å². The number of carbonyl (C=O) groups is 2. The Bertz CT molecular complexity index is 864. The number of hydrogen-bond donors (Lipinski definition) is 4. The Morgan fingerprint density at radius 3 is 2.33 bits per heavy atom. The van der Waals surface area contributed by atoms with Crippen LogP contribution in [0.1, 0.15) is 19.4 Å². The Kier molecular flexibility index (Phi) is 7.85. The van der Waals surface area contributed by atoms with Crippen molar-refractivity contribution in [3.05, 3.63) is 59.1 Å². The van der Waals surface area contributed by atoms with Gasteiger partial charge in [-0.2, -0.15) is 0 Å². The zero-order valence-corrected chi connectivity index (χ0v) is 18.4. The first kappa shape index (κ1) is 22.3. The summed E-state index contributed by atoms with van der Waals surface area (Å²) in [6.07, 6.45) is 0.890. The lowest BCUT2D eigenvalue weighted by Gasteiger charge is -2.32. The molecule has 2 aromatic rings. The molecule has 6 nitrogen and oxygen atoms in total. The summed E-state index contributed by atoms with van der Waals surface area (Å²) in [6, 6.07) is 14.9. The first-order valence-electron chi connectivity index (χ1n) is 10.6. The highest BCUT2D eigenvalue weighted by molar-refractivity contribution is 6.30. The number of piperazine rings is 1. The predicted molar refractivity (Wildman–Crippen MR) is 120 cm³/mol. The number of para-hydroxylation sites is 1. The van der Waals surface area contributed by atoms with E-state index < -0.39 is 0 Å². The first-order valence-corrected chi connectivity index (χ1v) is 11.0. The van der Waals surface area contributed by atoms with Gasteiger partial charge in [-0.1, -0.05) is 36.7 Å². The van der Waals surface area contributed by atoms with Crippen LogP contribution in [0.2, 0.25) is 5.02 Å². The Balaban J connectivity index is 1.45. The molecule has 1 atom stereocenters. The number of anilines is 2. The summed E-state index contributed by atoms with van der Waals surface area (Å²) in [5, 5.41) is 6.66. The molecule has 3 rings (SSSR count). The molecule has 7 heteroatoms. The van der Waals surface area contributed by atoms with E-state index >= 15 is 0 Å². The van der Waals surface area contributed by atoms with Crippen molar-refractivity contribution in [2.75, 3.05) is 43.4 Å². The molecule has 0 unspecified atom stereocenters. The minimum Gasteiger partial charge on any atom is -0.321 e. The Hall–Kier alpha value is -2.41. The molecule has 4 N–H and O–H groups in total. The monoisotopic (exact) mass is 430 g/mol. The molecular formula is C23H31ClN4O2+2. The van der Waals surface area contributed by atoms with E-state index in [1.807, 2.05) is 31.2 Å². The van der Waals surface area contributed by atoms with E-state index in [9.17, 15) is 9.59 Å². The second-order valence-corrected chi connectivity index (χ2v) is 8.30. The Morgan fingerprint density at radius 1 is 1.00 bits per heavy atom. The van der Waals surface area contributed by atoms with Crippen LogP contribution in [0.15, 0.2) is 48.5 Å². The molecule has 2 amide bonds. The van der Waals surface area contributed by atoms with Crippen LogP contribution < -0.4 is 20.4 Å². The highest BCUT2D eigenvalue weighted by Gasteiger charge is 2.31. The second kappa shape index (κ2) is 10.6. The third-order valence-corrected chi connectivity index (χ3v) is 6.05. The quantitative estimate of drug-likeness (QED) is 0.521. The maximum absolute atomic E-state index is 12.6. The topological polar surface area (TPSA) is 67.1 Å². The minimum atomic E-state index is -0.146. The van der Waals surface area contributed by atoms with Crippen molar-refractivity contribution in [2.45, 2.75) is 26.3 Å². The number of carbonyl (C=O) groups excluding carboxylic acids is 2. The first-order chi connectivity index (χ1) is 14.5. The van der Waals surface area contributed by atoms with Crippen molar-refractivity contribution in [3.8, 4) is 0 Å². The van der Waals surface area contributed by atoms with Crippen molar-refractivity contribution >= 4 is 34.8 Å². The largest absolute Gasteiger partial charge is 0.321 e. The summed E-state index contributed by atoms with van der Waals surface area (Å²) in [7, 11) is 0. The van der Waals surface area contributed by atoms with Crippen LogP contribution >= 0.6 is 11.6 Å². The van der Waals surface area contributed by atoms with E-state index in [1.54, 1.807) is 24.3 Å². The van der Waals surface area contributed by atoms with E-state index in [-0.39, 0.29) is 17.9 Å². The molecule has 1 saturated heterocycles. The summed E-state index contributed by atoms with van der Waals surface area (Å²) in [4.78, 5) is 27.6. The fraction of sp³-hybridized carbons (Fsp3) is 0.391. The molecule has 0 saturated carbocycles. The molecule has 1 fully saturated rings. The lowest BCUT2D eigenvalue weighted by atomic mass is 10.1. The van der Waals surface area contributed by atoms with E-state index in [0.29, 0.717) is 11.6 Å². The zero-order chi connectivity index (χ0) is 21.5. The van der Waals surface area contributed by atoms with Gasteiger partial charge >= 0.3 is 0 Å². The number of amides is 2. The van der Waals surface area contributed by atoms with E-state index in [4.69, 9.17) is 11.6 Å². The van der Waals surface area contributed by atoms with Gasteiger partial charge in [0.1, 0.15) is 26.2 Å². The van der Waals surface area contributed by atoms with Crippen molar-refractivity contribution < 1.29 is 19.4 Å². The van der Waals surface area contributed by atoms with Crippen molar-refractivity contribution in [3.63, 3.8) is 0 Å². The Labute approximate surface area is 183 Å². The average molecular weight is 431 g/mol.